The van der Waals surface area contributed by atoms with E-state index in [0.717, 1.165) is 51.8 Å². The Balaban J connectivity index is 1.18. The maximum Gasteiger partial charge on any atom is 0.410 e. The Morgan fingerprint density at radius 3 is 2.58 bits per heavy atom. The third kappa shape index (κ3) is 4.47. The maximum atomic E-state index is 13.5. The van der Waals surface area contributed by atoms with Gasteiger partial charge in [-0.25, -0.2) is 24.1 Å². The Hall–Kier alpha value is -3.01. The second-order valence-electron chi connectivity index (χ2n) is 11.0. The lowest BCUT2D eigenvalue weighted by molar-refractivity contribution is 0.0106. The number of rotatable bonds is 3. The first-order valence-electron chi connectivity index (χ1n) is 12.6. The molecule has 10 heteroatoms. The quantitative estimate of drug-likeness (QED) is 0.497. The summed E-state index contributed by atoms with van der Waals surface area (Å²) in [5, 5.41) is 0.890. The van der Waals surface area contributed by atoms with E-state index < -0.39 is 11.8 Å². The molecule has 0 bridgehead atoms. The first-order chi connectivity index (χ1) is 17.2. The van der Waals surface area contributed by atoms with Crippen LogP contribution in [0.3, 0.4) is 0 Å². The Bertz CT molecular complexity index is 1290. The normalized spacial score (nSPS) is 21.4. The second kappa shape index (κ2) is 8.54. The lowest BCUT2D eigenvalue weighted by Crippen LogP contribution is -2.58. The minimum absolute atomic E-state index is 0.152. The summed E-state index contributed by atoms with van der Waals surface area (Å²) in [7, 11) is 0. The van der Waals surface area contributed by atoms with Gasteiger partial charge >= 0.3 is 6.09 Å². The Labute approximate surface area is 214 Å². The van der Waals surface area contributed by atoms with Gasteiger partial charge in [0, 0.05) is 44.0 Å². The fraction of sp³-hybridized carbons (Fsp3) is 0.538. The van der Waals surface area contributed by atoms with Crippen molar-refractivity contribution in [3.05, 3.63) is 30.6 Å². The van der Waals surface area contributed by atoms with E-state index in [9.17, 15) is 9.18 Å². The van der Waals surface area contributed by atoms with Crippen molar-refractivity contribution < 1.29 is 13.9 Å². The van der Waals surface area contributed by atoms with Gasteiger partial charge in [-0.05, 0) is 52.2 Å². The summed E-state index contributed by atoms with van der Waals surface area (Å²) in [4.78, 5) is 33.0. The number of carbonyl (C=O) groups excluding carboxylic acids is 1. The summed E-state index contributed by atoms with van der Waals surface area (Å²) in [5.74, 6) is 1.72. The predicted octanol–water partition coefficient (Wildman–Crippen LogP) is 4.89. The van der Waals surface area contributed by atoms with Gasteiger partial charge in [0.2, 0.25) is 0 Å². The van der Waals surface area contributed by atoms with Crippen LogP contribution in [-0.2, 0) is 4.74 Å². The molecular weight excluding hydrogens is 479 g/mol. The summed E-state index contributed by atoms with van der Waals surface area (Å²) in [6.45, 7) is 8.93. The molecule has 1 amide bonds. The zero-order valence-electron chi connectivity index (χ0n) is 20.9. The van der Waals surface area contributed by atoms with E-state index in [2.05, 4.69) is 16.0 Å². The van der Waals surface area contributed by atoms with E-state index in [0.29, 0.717) is 32.6 Å². The number of thiazole rings is 1. The molecule has 3 aromatic heterocycles. The van der Waals surface area contributed by atoms with Gasteiger partial charge in [-0.1, -0.05) is 0 Å². The van der Waals surface area contributed by atoms with Gasteiger partial charge in [-0.15, -0.1) is 11.3 Å². The summed E-state index contributed by atoms with van der Waals surface area (Å²) in [5.41, 5.74) is 1.15. The summed E-state index contributed by atoms with van der Waals surface area (Å²) in [6.07, 6.45) is 5.20. The Kier molecular flexibility index (Phi) is 5.55. The highest BCUT2D eigenvalue weighted by molar-refractivity contribution is 7.21. The monoisotopic (exact) mass is 510 g/mol. The molecule has 2 saturated heterocycles. The fourth-order valence-electron chi connectivity index (χ4n) is 5.09. The van der Waals surface area contributed by atoms with Gasteiger partial charge in [0.25, 0.3) is 0 Å². The number of hydrogen-bond acceptors (Lipinski definition) is 8. The number of anilines is 2. The Morgan fingerprint density at radius 2 is 1.92 bits per heavy atom. The summed E-state index contributed by atoms with van der Waals surface area (Å²) in [6, 6.07) is 6.05. The van der Waals surface area contributed by atoms with Crippen molar-refractivity contribution in [3.63, 3.8) is 0 Å². The van der Waals surface area contributed by atoms with Crippen LogP contribution < -0.4 is 9.80 Å². The molecule has 3 fully saturated rings. The van der Waals surface area contributed by atoms with Gasteiger partial charge in [0.05, 0.1) is 23.0 Å². The molecule has 36 heavy (non-hydrogen) atoms. The van der Waals surface area contributed by atoms with Crippen molar-refractivity contribution in [2.24, 2.45) is 0 Å². The topological polar surface area (TPSA) is 74.7 Å². The zero-order valence-corrected chi connectivity index (χ0v) is 21.7. The molecule has 1 atom stereocenters. The maximum absolute atomic E-state index is 13.5. The van der Waals surface area contributed by atoms with E-state index in [4.69, 9.17) is 14.7 Å². The summed E-state index contributed by atoms with van der Waals surface area (Å²) >= 11 is 1.62. The van der Waals surface area contributed by atoms with Crippen LogP contribution in [0.25, 0.3) is 20.8 Å². The van der Waals surface area contributed by atoms with Crippen LogP contribution in [0.5, 0.6) is 0 Å². The number of carbonyl (C=O) groups is 1. The van der Waals surface area contributed by atoms with E-state index >= 15 is 0 Å². The van der Waals surface area contributed by atoms with Gasteiger partial charge in [0.1, 0.15) is 33.9 Å². The third-order valence-electron chi connectivity index (χ3n) is 7.13. The molecule has 0 N–H and O–H groups in total. The van der Waals surface area contributed by atoms with Gasteiger partial charge in [-0.2, -0.15) is 0 Å². The first kappa shape index (κ1) is 23.4. The van der Waals surface area contributed by atoms with E-state index in [1.54, 1.807) is 11.3 Å². The molecule has 5 heterocycles. The number of alkyl halides is 1. The summed E-state index contributed by atoms with van der Waals surface area (Å²) < 4.78 is 20.3. The molecule has 1 spiro atoms. The molecule has 2 aliphatic heterocycles. The molecule has 8 nitrogen and oxygen atoms in total. The molecule has 0 aromatic carbocycles. The van der Waals surface area contributed by atoms with Crippen molar-refractivity contribution in [2.45, 2.75) is 57.3 Å². The van der Waals surface area contributed by atoms with Crippen LogP contribution in [0.2, 0.25) is 0 Å². The largest absolute Gasteiger partial charge is 0.444 e. The van der Waals surface area contributed by atoms with E-state index in [1.165, 1.54) is 0 Å². The number of ether oxygens (including phenoxy) is 1. The van der Waals surface area contributed by atoms with E-state index in [-0.39, 0.29) is 11.6 Å². The van der Waals surface area contributed by atoms with Gasteiger partial charge in [-0.3, -0.25) is 4.90 Å². The molecule has 6 rings (SSSR count). The SMILES string of the molecule is CC(C)(C)OC(=O)N1CCN(c2cc3sc(-c4ccc(N5CC[C@@H](F)C5)nc4)nc3cn2)CC12CC2. The second-order valence-corrected chi connectivity index (χ2v) is 12.1. The van der Waals surface area contributed by atoms with Gasteiger partial charge in [0.15, 0.2) is 0 Å². The fourth-order valence-corrected chi connectivity index (χ4v) is 6.05. The number of fused-ring (bicyclic) bond motifs is 1. The highest BCUT2D eigenvalue weighted by Gasteiger charge is 2.54. The zero-order chi connectivity index (χ0) is 25.1. The third-order valence-corrected chi connectivity index (χ3v) is 8.19. The highest BCUT2D eigenvalue weighted by atomic mass is 32.1. The number of pyridine rings is 2. The van der Waals surface area contributed by atoms with Crippen LogP contribution in [0.1, 0.15) is 40.0 Å². The minimum atomic E-state index is -0.771. The average Bonchev–Trinajstić information content (AvgIpc) is 3.25. The number of aromatic nitrogens is 3. The Morgan fingerprint density at radius 1 is 1.11 bits per heavy atom. The van der Waals surface area contributed by atoms with Crippen LogP contribution >= 0.6 is 11.3 Å². The van der Waals surface area contributed by atoms with Crippen molar-refractivity contribution in [3.8, 4) is 10.6 Å². The molecule has 190 valence electrons. The van der Waals surface area contributed by atoms with Crippen molar-refractivity contribution >= 4 is 39.3 Å². The molecule has 1 saturated carbocycles. The van der Waals surface area contributed by atoms with Crippen molar-refractivity contribution in [2.75, 3.05) is 42.5 Å². The highest BCUT2D eigenvalue weighted by Crippen LogP contribution is 2.45. The smallest absolute Gasteiger partial charge is 0.410 e. The number of hydrogen-bond donors (Lipinski definition) is 0. The van der Waals surface area contributed by atoms with Crippen LogP contribution in [-0.4, -0.2) is 76.0 Å². The molecule has 0 radical (unpaired) electrons. The molecule has 3 aromatic rings. The molecule has 0 unspecified atom stereocenters. The molecular formula is C26H31FN6O2S. The number of piperazine rings is 1. The predicted molar refractivity (Wildman–Crippen MR) is 139 cm³/mol. The van der Waals surface area contributed by atoms with Crippen LogP contribution in [0, 0.1) is 0 Å². The van der Waals surface area contributed by atoms with Gasteiger partial charge < -0.3 is 14.5 Å². The minimum Gasteiger partial charge on any atom is -0.444 e. The molecule has 3 aliphatic rings. The lowest BCUT2D eigenvalue weighted by Gasteiger charge is -2.42. The lowest BCUT2D eigenvalue weighted by atomic mass is 10.1. The number of nitrogens with zero attached hydrogens (tertiary/aromatic N) is 6. The number of amides is 1. The van der Waals surface area contributed by atoms with Crippen molar-refractivity contribution in [1.82, 2.24) is 19.9 Å². The molecule has 1 aliphatic carbocycles. The van der Waals surface area contributed by atoms with Crippen LogP contribution in [0.4, 0.5) is 20.8 Å². The average molecular weight is 511 g/mol. The number of halogens is 1. The van der Waals surface area contributed by atoms with Crippen molar-refractivity contribution in [1.29, 1.82) is 0 Å². The van der Waals surface area contributed by atoms with E-state index in [1.807, 2.05) is 55.1 Å². The van der Waals surface area contributed by atoms with Crippen LogP contribution in [0.15, 0.2) is 30.6 Å². The first-order valence-corrected chi connectivity index (χ1v) is 13.4. The standard InChI is InChI=1S/C26H31FN6O2S/c1-25(2,3)35-24(34)33-11-10-32(16-26(33)7-8-26)22-12-20-19(14-29-22)30-23(36-20)17-4-5-21(28-13-17)31-9-6-18(27)15-31/h4-5,12-14,18H,6-11,15-16H2,1-3H3/t18-/m1/s1.